The van der Waals surface area contributed by atoms with Crippen molar-refractivity contribution in [2.45, 2.75) is 37.4 Å². The largest absolute Gasteiger partial charge is 0.435 e. The van der Waals surface area contributed by atoms with Gasteiger partial charge in [0.15, 0.2) is 5.69 Å². The number of nitrogens with one attached hydrogen (secondary N) is 2. The number of hydrogen-bond donors (Lipinski definition) is 2. The van der Waals surface area contributed by atoms with E-state index >= 15 is 0 Å². The van der Waals surface area contributed by atoms with Gasteiger partial charge in [-0.05, 0) is 60.6 Å². The second kappa shape index (κ2) is 5.30. The van der Waals surface area contributed by atoms with Crippen molar-refractivity contribution in [2.75, 3.05) is 5.32 Å². The van der Waals surface area contributed by atoms with E-state index < -0.39 is 11.9 Å². The number of hydrogen-bond acceptors (Lipinski definition) is 3. The number of benzene rings is 1. The zero-order chi connectivity index (χ0) is 19.2. The van der Waals surface area contributed by atoms with Gasteiger partial charge in [-0.15, -0.1) is 0 Å². The Morgan fingerprint density at radius 2 is 2.00 bits per heavy atom. The summed E-state index contributed by atoms with van der Waals surface area (Å²) in [4.78, 5) is 0. The number of nitrogens with zero attached hydrogens (tertiary/aromatic N) is 3. The van der Waals surface area contributed by atoms with E-state index in [2.05, 4.69) is 20.6 Å². The van der Waals surface area contributed by atoms with Crippen molar-refractivity contribution in [3.05, 3.63) is 41.3 Å². The lowest BCUT2D eigenvalue weighted by Crippen LogP contribution is -2.36. The van der Waals surface area contributed by atoms with Crippen molar-refractivity contribution in [2.24, 2.45) is 24.8 Å². The van der Waals surface area contributed by atoms with Crippen molar-refractivity contribution in [3.8, 4) is 0 Å². The molecular formula is C20H20F3N5. The van der Waals surface area contributed by atoms with Crippen molar-refractivity contribution in [3.63, 3.8) is 0 Å². The Morgan fingerprint density at radius 1 is 1.18 bits per heavy atom. The van der Waals surface area contributed by atoms with Crippen molar-refractivity contribution >= 4 is 16.6 Å². The summed E-state index contributed by atoms with van der Waals surface area (Å²) in [6.07, 6.45) is 2.30. The standard InChI is InChI=1S/C20H20F3N5/c1-28-8-12(19(27-28)20(21,22)23)18-16-10-3-2-9(6-10)15(16)17-11-7-24-26-13(11)4-5-14(17)25-18/h4-5,7-10,15-16,18,25H,2-3,6H2,1H3,(H,24,26)/t9?,10?,15-,16+,18-/m0/s1. The molecule has 146 valence electrons. The summed E-state index contributed by atoms with van der Waals surface area (Å²) in [5.41, 5.74) is 2.66. The van der Waals surface area contributed by atoms with Crippen LogP contribution in [0.5, 0.6) is 0 Å². The quantitative estimate of drug-likeness (QED) is 0.641. The molecule has 5 nitrogen and oxygen atoms in total. The van der Waals surface area contributed by atoms with Crippen LogP contribution in [-0.2, 0) is 13.2 Å². The van der Waals surface area contributed by atoms with Crippen LogP contribution in [0.2, 0.25) is 0 Å². The predicted molar refractivity (Wildman–Crippen MR) is 97.7 cm³/mol. The summed E-state index contributed by atoms with van der Waals surface area (Å²) in [5, 5.41) is 15.6. The average Bonchev–Trinajstić information content (AvgIpc) is 3.42. The molecule has 0 saturated heterocycles. The minimum absolute atomic E-state index is 0.150. The van der Waals surface area contributed by atoms with E-state index in [-0.39, 0.29) is 23.4 Å². The van der Waals surface area contributed by atoms with Gasteiger partial charge in [0.1, 0.15) is 0 Å². The Labute approximate surface area is 159 Å². The molecule has 6 rings (SSSR count). The number of fused-ring (bicyclic) bond motifs is 9. The molecule has 3 aliphatic rings. The molecule has 2 aromatic heterocycles. The summed E-state index contributed by atoms with van der Waals surface area (Å²) < 4.78 is 42.4. The Balaban J connectivity index is 1.56. The first-order valence-corrected chi connectivity index (χ1v) is 9.75. The molecular weight excluding hydrogens is 367 g/mol. The van der Waals surface area contributed by atoms with Crippen LogP contribution in [0, 0.1) is 17.8 Å². The fourth-order valence-electron chi connectivity index (χ4n) is 6.27. The SMILES string of the molecule is Cn1cc([C@@H]2Nc3ccc4[nH]ncc4c3[C@H]3C4CCC(C4)[C@@H]23)c(C(F)(F)F)n1. The molecule has 3 heterocycles. The minimum Gasteiger partial charge on any atom is -0.378 e. The van der Waals surface area contributed by atoms with Crippen LogP contribution < -0.4 is 5.32 Å². The zero-order valence-corrected chi connectivity index (χ0v) is 15.3. The van der Waals surface area contributed by atoms with Crippen LogP contribution in [0.15, 0.2) is 24.5 Å². The number of anilines is 1. The zero-order valence-electron chi connectivity index (χ0n) is 15.3. The van der Waals surface area contributed by atoms with Gasteiger partial charge in [-0.3, -0.25) is 9.78 Å². The van der Waals surface area contributed by atoms with Crippen LogP contribution in [0.1, 0.15) is 48.0 Å². The third kappa shape index (κ3) is 2.08. The number of H-pyrrole nitrogens is 1. The molecule has 1 aromatic carbocycles. The highest BCUT2D eigenvalue weighted by atomic mass is 19.4. The van der Waals surface area contributed by atoms with E-state index in [9.17, 15) is 13.2 Å². The van der Waals surface area contributed by atoms with Gasteiger partial charge in [0, 0.05) is 29.9 Å². The third-order valence-corrected chi connectivity index (χ3v) is 7.14. The van der Waals surface area contributed by atoms with Crippen molar-refractivity contribution in [1.29, 1.82) is 0 Å². The van der Waals surface area contributed by atoms with Gasteiger partial charge in [0.25, 0.3) is 0 Å². The molecule has 8 heteroatoms. The van der Waals surface area contributed by atoms with Crippen molar-refractivity contribution < 1.29 is 13.2 Å². The van der Waals surface area contributed by atoms with E-state index in [4.69, 9.17) is 0 Å². The van der Waals surface area contributed by atoms with Crippen molar-refractivity contribution in [1.82, 2.24) is 20.0 Å². The monoisotopic (exact) mass is 387 g/mol. The highest BCUT2D eigenvalue weighted by molar-refractivity contribution is 5.88. The number of aromatic nitrogens is 4. The molecule has 3 aromatic rings. The molecule has 1 aliphatic heterocycles. The summed E-state index contributed by atoms with van der Waals surface area (Å²) >= 11 is 0. The fraction of sp³-hybridized carbons (Fsp3) is 0.500. The maximum absolute atomic E-state index is 13.7. The van der Waals surface area contributed by atoms with Crippen LogP contribution in [0.4, 0.5) is 18.9 Å². The number of aryl methyl sites for hydroxylation is 1. The predicted octanol–water partition coefficient (Wildman–Crippen LogP) is 4.61. The first-order chi connectivity index (χ1) is 13.4. The lowest BCUT2D eigenvalue weighted by Gasteiger charge is -2.43. The van der Waals surface area contributed by atoms with Gasteiger partial charge in [0.2, 0.25) is 0 Å². The van der Waals surface area contributed by atoms with E-state index in [1.54, 1.807) is 13.2 Å². The highest BCUT2D eigenvalue weighted by Crippen LogP contribution is 2.64. The Kier molecular flexibility index (Phi) is 3.11. The molecule has 2 unspecified atom stereocenters. The molecule has 2 aliphatic carbocycles. The smallest absolute Gasteiger partial charge is 0.378 e. The van der Waals surface area contributed by atoms with Gasteiger partial charge in [0.05, 0.1) is 17.8 Å². The number of aromatic amines is 1. The van der Waals surface area contributed by atoms with Crippen LogP contribution >= 0.6 is 0 Å². The van der Waals surface area contributed by atoms with Gasteiger partial charge in [-0.2, -0.15) is 23.4 Å². The second-order valence-corrected chi connectivity index (χ2v) is 8.52. The molecule has 28 heavy (non-hydrogen) atoms. The van der Waals surface area contributed by atoms with Crippen LogP contribution in [0.3, 0.4) is 0 Å². The number of rotatable bonds is 1. The lowest BCUT2D eigenvalue weighted by molar-refractivity contribution is -0.142. The molecule has 0 spiro atoms. The summed E-state index contributed by atoms with van der Waals surface area (Å²) in [5.74, 6) is 1.40. The Hall–Kier alpha value is -2.51. The van der Waals surface area contributed by atoms with Gasteiger partial charge in [-0.1, -0.05) is 0 Å². The second-order valence-electron chi connectivity index (χ2n) is 8.52. The normalized spacial score (nSPS) is 31.1. The molecule has 5 atom stereocenters. The molecule has 2 saturated carbocycles. The van der Waals surface area contributed by atoms with E-state index in [1.165, 1.54) is 10.2 Å². The van der Waals surface area contributed by atoms with Gasteiger partial charge >= 0.3 is 6.18 Å². The van der Waals surface area contributed by atoms with E-state index in [1.807, 2.05) is 18.3 Å². The van der Waals surface area contributed by atoms with Gasteiger partial charge in [-0.25, -0.2) is 0 Å². The summed E-state index contributed by atoms with van der Waals surface area (Å²) in [6.45, 7) is 0. The molecule has 2 bridgehead atoms. The molecule has 2 N–H and O–H groups in total. The maximum atomic E-state index is 13.7. The molecule has 2 fully saturated rings. The summed E-state index contributed by atoms with van der Waals surface area (Å²) in [7, 11) is 1.56. The fourth-order valence-corrected chi connectivity index (χ4v) is 6.27. The van der Waals surface area contributed by atoms with Crippen LogP contribution in [-0.4, -0.2) is 20.0 Å². The van der Waals surface area contributed by atoms with Gasteiger partial charge < -0.3 is 5.32 Å². The highest BCUT2D eigenvalue weighted by Gasteiger charge is 2.55. The first-order valence-electron chi connectivity index (χ1n) is 9.75. The maximum Gasteiger partial charge on any atom is 0.435 e. The number of halogens is 3. The molecule has 0 radical (unpaired) electrons. The lowest BCUT2D eigenvalue weighted by atomic mass is 9.67. The van der Waals surface area contributed by atoms with Crippen LogP contribution in [0.25, 0.3) is 10.9 Å². The average molecular weight is 387 g/mol. The summed E-state index contributed by atoms with van der Waals surface area (Å²) in [6, 6.07) is 3.56. The first kappa shape index (κ1) is 16.4. The Bertz CT molecular complexity index is 1080. The molecule has 0 amide bonds. The number of alkyl halides is 3. The van der Waals surface area contributed by atoms with E-state index in [0.29, 0.717) is 11.8 Å². The van der Waals surface area contributed by atoms with E-state index in [0.717, 1.165) is 35.9 Å². The topological polar surface area (TPSA) is 58.5 Å². The third-order valence-electron chi connectivity index (χ3n) is 7.14. The minimum atomic E-state index is -4.46. The Morgan fingerprint density at radius 3 is 2.82 bits per heavy atom.